The maximum Gasteiger partial charge on any atom is 0.225 e. The maximum atomic E-state index is 9.21. The molecule has 0 spiro atoms. The fourth-order valence-electron chi connectivity index (χ4n) is 2.32. The Morgan fingerprint density at radius 3 is 2.78 bits per heavy atom. The highest BCUT2D eigenvalue weighted by Gasteiger charge is 2.26. The van der Waals surface area contributed by atoms with Crippen LogP contribution in [0.2, 0.25) is 5.02 Å². The van der Waals surface area contributed by atoms with E-state index in [9.17, 15) is 5.11 Å². The van der Waals surface area contributed by atoms with Gasteiger partial charge < -0.3 is 15.7 Å². The number of anilines is 3. The molecule has 23 heavy (non-hydrogen) atoms. The van der Waals surface area contributed by atoms with Crippen LogP contribution < -0.4 is 10.6 Å². The van der Waals surface area contributed by atoms with Crippen LogP contribution >= 0.6 is 11.6 Å². The van der Waals surface area contributed by atoms with Crippen molar-refractivity contribution in [3.8, 4) is 0 Å². The van der Waals surface area contributed by atoms with Crippen molar-refractivity contribution >= 4 is 29.1 Å². The summed E-state index contributed by atoms with van der Waals surface area (Å²) in [7, 11) is 0. The molecule has 1 heterocycles. The van der Waals surface area contributed by atoms with Crippen LogP contribution in [-0.4, -0.2) is 27.7 Å². The number of aliphatic hydroxyl groups excluding tert-OH is 1. The molecule has 5 nitrogen and oxygen atoms in total. The molecule has 1 saturated carbocycles. The molecule has 122 valence electrons. The topological polar surface area (TPSA) is 70.1 Å². The summed E-state index contributed by atoms with van der Waals surface area (Å²) >= 11 is 6.08. The van der Waals surface area contributed by atoms with Gasteiger partial charge >= 0.3 is 0 Å². The summed E-state index contributed by atoms with van der Waals surface area (Å²) in [5.41, 5.74) is 3.06. The van der Waals surface area contributed by atoms with E-state index < -0.39 is 0 Å². The molecule has 1 aromatic carbocycles. The Kier molecular flexibility index (Phi) is 4.68. The number of benzene rings is 1. The second-order valence-corrected chi connectivity index (χ2v) is 6.52. The lowest BCUT2D eigenvalue weighted by molar-refractivity contribution is 0.281. The van der Waals surface area contributed by atoms with Gasteiger partial charge in [-0.25, -0.2) is 4.98 Å². The number of hydrogen-bond acceptors (Lipinski definition) is 5. The highest BCUT2D eigenvalue weighted by molar-refractivity contribution is 6.30. The van der Waals surface area contributed by atoms with Gasteiger partial charge in [0.15, 0.2) is 0 Å². The quantitative estimate of drug-likeness (QED) is 0.749. The van der Waals surface area contributed by atoms with Crippen LogP contribution in [-0.2, 0) is 0 Å². The molecule has 2 aromatic rings. The van der Waals surface area contributed by atoms with Crippen LogP contribution in [0, 0.1) is 6.92 Å². The summed E-state index contributed by atoms with van der Waals surface area (Å²) in [5.74, 6) is 1.79. The summed E-state index contributed by atoms with van der Waals surface area (Å²) in [6, 6.07) is 7.63. The summed E-state index contributed by atoms with van der Waals surface area (Å²) in [5, 5.41) is 16.4. The molecule has 1 aliphatic carbocycles. The van der Waals surface area contributed by atoms with Crippen molar-refractivity contribution in [3.05, 3.63) is 40.5 Å². The number of rotatable bonds is 6. The van der Waals surface area contributed by atoms with Gasteiger partial charge in [0, 0.05) is 28.7 Å². The molecule has 0 bridgehead atoms. The zero-order chi connectivity index (χ0) is 16.4. The lowest BCUT2D eigenvalue weighted by Gasteiger charge is -2.15. The van der Waals surface area contributed by atoms with Gasteiger partial charge in [0.25, 0.3) is 0 Å². The Labute approximate surface area is 141 Å². The van der Waals surface area contributed by atoms with Gasteiger partial charge in [-0.05, 0) is 44.4 Å². The average molecular weight is 333 g/mol. The van der Waals surface area contributed by atoms with E-state index in [1.165, 1.54) is 12.8 Å². The van der Waals surface area contributed by atoms with E-state index >= 15 is 0 Å². The number of aromatic nitrogens is 2. The third-order valence-electron chi connectivity index (χ3n) is 3.85. The Balaban J connectivity index is 1.89. The van der Waals surface area contributed by atoms with Gasteiger partial charge in [0.05, 0.1) is 12.3 Å². The largest absolute Gasteiger partial charge is 0.394 e. The number of hydrogen-bond donors (Lipinski definition) is 3. The average Bonchev–Trinajstić information content (AvgIpc) is 3.35. The second-order valence-electron chi connectivity index (χ2n) is 6.09. The van der Waals surface area contributed by atoms with Gasteiger partial charge in [-0.2, -0.15) is 4.98 Å². The van der Waals surface area contributed by atoms with E-state index in [-0.39, 0.29) is 12.6 Å². The molecule has 1 fully saturated rings. The molecule has 1 aliphatic rings. The first-order chi connectivity index (χ1) is 11.0. The van der Waals surface area contributed by atoms with Crippen molar-refractivity contribution in [1.82, 2.24) is 9.97 Å². The number of aryl methyl sites for hydroxylation is 1. The molecule has 1 aromatic heterocycles. The fraction of sp³-hybridized carbons (Fsp3) is 0.412. The second kappa shape index (κ2) is 6.72. The van der Waals surface area contributed by atoms with E-state index in [4.69, 9.17) is 11.6 Å². The summed E-state index contributed by atoms with van der Waals surface area (Å²) in [6.07, 6.45) is 2.34. The monoisotopic (exact) mass is 332 g/mol. The first kappa shape index (κ1) is 16.0. The zero-order valence-corrected chi connectivity index (χ0v) is 14.1. The SMILES string of the molecule is Cc1ccc(Cl)cc1Nc1cc(C2CC2)nc(N[C@H](C)CO)n1. The third kappa shape index (κ3) is 4.12. The molecule has 0 radical (unpaired) electrons. The lowest BCUT2D eigenvalue weighted by atomic mass is 10.2. The van der Waals surface area contributed by atoms with Crippen molar-refractivity contribution in [1.29, 1.82) is 0 Å². The highest BCUT2D eigenvalue weighted by atomic mass is 35.5. The molecule has 0 unspecified atom stereocenters. The lowest BCUT2D eigenvalue weighted by Crippen LogP contribution is -2.21. The van der Waals surface area contributed by atoms with E-state index in [0.717, 1.165) is 22.8 Å². The minimum Gasteiger partial charge on any atom is -0.394 e. The van der Waals surface area contributed by atoms with Gasteiger partial charge in [-0.15, -0.1) is 0 Å². The highest BCUT2D eigenvalue weighted by Crippen LogP contribution is 2.40. The molecule has 0 saturated heterocycles. The smallest absolute Gasteiger partial charge is 0.225 e. The molecule has 3 N–H and O–H groups in total. The van der Waals surface area contributed by atoms with Gasteiger partial charge in [0.2, 0.25) is 5.95 Å². The van der Waals surface area contributed by atoms with Crippen molar-refractivity contribution in [2.24, 2.45) is 0 Å². The molecular formula is C17H21ClN4O. The predicted molar refractivity (Wildman–Crippen MR) is 93.6 cm³/mol. The Bertz CT molecular complexity index is 703. The zero-order valence-electron chi connectivity index (χ0n) is 13.3. The van der Waals surface area contributed by atoms with Crippen LogP contribution in [0.3, 0.4) is 0 Å². The van der Waals surface area contributed by atoms with Gasteiger partial charge in [0.1, 0.15) is 5.82 Å². The molecule has 0 amide bonds. The van der Waals surface area contributed by atoms with Crippen molar-refractivity contribution in [2.45, 2.75) is 38.6 Å². The Morgan fingerprint density at radius 1 is 1.30 bits per heavy atom. The normalized spacial score (nSPS) is 15.3. The molecular weight excluding hydrogens is 312 g/mol. The van der Waals surface area contributed by atoms with Gasteiger partial charge in [-0.1, -0.05) is 17.7 Å². The van der Waals surface area contributed by atoms with Crippen molar-refractivity contribution < 1.29 is 5.11 Å². The Morgan fingerprint density at radius 2 is 2.09 bits per heavy atom. The standard InChI is InChI=1S/C17H21ClN4O/c1-10-3-6-13(18)7-14(10)20-16-8-15(12-4-5-12)21-17(22-16)19-11(2)9-23/h3,6-8,11-12,23H,4-5,9H2,1-2H3,(H2,19,20,21,22)/t11-/m1/s1. The van der Waals surface area contributed by atoms with Crippen LogP contribution in [0.1, 0.15) is 36.9 Å². The minimum atomic E-state index is -0.0924. The number of halogens is 1. The van der Waals surface area contributed by atoms with Crippen LogP contribution in [0.25, 0.3) is 0 Å². The van der Waals surface area contributed by atoms with Crippen molar-refractivity contribution in [3.63, 3.8) is 0 Å². The first-order valence-electron chi connectivity index (χ1n) is 7.84. The fourth-order valence-corrected chi connectivity index (χ4v) is 2.49. The maximum absolute atomic E-state index is 9.21. The van der Waals surface area contributed by atoms with Gasteiger partial charge in [-0.3, -0.25) is 0 Å². The minimum absolute atomic E-state index is 0.0349. The summed E-state index contributed by atoms with van der Waals surface area (Å²) < 4.78 is 0. The molecule has 1 atom stereocenters. The van der Waals surface area contributed by atoms with E-state index in [2.05, 4.69) is 20.6 Å². The first-order valence-corrected chi connectivity index (χ1v) is 8.22. The van der Waals surface area contributed by atoms with Crippen LogP contribution in [0.15, 0.2) is 24.3 Å². The predicted octanol–water partition coefficient (Wildman–Crippen LogP) is 3.85. The van der Waals surface area contributed by atoms with Crippen molar-refractivity contribution in [2.75, 3.05) is 17.2 Å². The molecule has 6 heteroatoms. The van der Waals surface area contributed by atoms with E-state index in [1.54, 1.807) is 0 Å². The number of aliphatic hydroxyl groups is 1. The summed E-state index contributed by atoms with van der Waals surface area (Å²) in [4.78, 5) is 9.08. The number of nitrogens with one attached hydrogen (secondary N) is 2. The molecule has 0 aliphatic heterocycles. The van der Waals surface area contributed by atoms with E-state index in [1.807, 2.05) is 38.1 Å². The van der Waals surface area contributed by atoms with E-state index in [0.29, 0.717) is 16.9 Å². The summed E-state index contributed by atoms with van der Waals surface area (Å²) in [6.45, 7) is 3.95. The Hall–Kier alpha value is -1.85. The third-order valence-corrected chi connectivity index (χ3v) is 4.09. The molecule has 3 rings (SSSR count). The number of nitrogens with zero attached hydrogens (tertiary/aromatic N) is 2. The van der Waals surface area contributed by atoms with Crippen LogP contribution in [0.5, 0.6) is 0 Å². The van der Waals surface area contributed by atoms with Crippen LogP contribution in [0.4, 0.5) is 17.5 Å².